The van der Waals surface area contributed by atoms with E-state index < -0.39 is 15.6 Å². The van der Waals surface area contributed by atoms with E-state index in [4.69, 9.17) is 0 Å². The molecule has 0 spiro atoms. The van der Waals surface area contributed by atoms with Crippen LogP contribution in [0.25, 0.3) is 10.8 Å². The minimum atomic E-state index is -3.66. The van der Waals surface area contributed by atoms with Crippen LogP contribution < -0.4 is 4.72 Å². The lowest BCUT2D eigenvalue weighted by Gasteiger charge is -2.22. The standard InChI is InChI=1S/C15H19NO3S2/c1-15(17,11-20-2)10-16-21(18,19)14-9-5-7-12-6-3-4-8-13(12)14/h3-9,16-17H,10-11H2,1-2H3/t15-/m1/s1. The number of thioether (sulfide) groups is 1. The number of hydrogen-bond acceptors (Lipinski definition) is 4. The number of rotatable bonds is 6. The molecule has 0 bridgehead atoms. The zero-order chi connectivity index (χ0) is 15.5. The van der Waals surface area contributed by atoms with Gasteiger partial charge in [-0.3, -0.25) is 0 Å². The topological polar surface area (TPSA) is 66.4 Å². The third-order valence-electron chi connectivity index (χ3n) is 3.14. The highest BCUT2D eigenvalue weighted by Crippen LogP contribution is 2.23. The number of aliphatic hydroxyl groups is 1. The first-order valence-electron chi connectivity index (χ1n) is 6.54. The van der Waals surface area contributed by atoms with E-state index in [2.05, 4.69) is 4.72 Å². The molecule has 0 heterocycles. The van der Waals surface area contributed by atoms with Crippen LogP contribution in [-0.4, -0.2) is 37.7 Å². The average Bonchev–Trinajstić information content (AvgIpc) is 2.45. The maximum Gasteiger partial charge on any atom is 0.241 e. The summed E-state index contributed by atoms with van der Waals surface area (Å²) in [6, 6.07) is 12.5. The van der Waals surface area contributed by atoms with Gasteiger partial charge >= 0.3 is 0 Å². The Hall–Kier alpha value is -1.08. The van der Waals surface area contributed by atoms with Crippen LogP contribution >= 0.6 is 11.8 Å². The van der Waals surface area contributed by atoms with Crippen LogP contribution in [0.15, 0.2) is 47.4 Å². The van der Waals surface area contributed by atoms with E-state index in [1.807, 2.05) is 30.5 Å². The molecule has 6 heteroatoms. The molecule has 4 nitrogen and oxygen atoms in total. The molecule has 1 atom stereocenters. The van der Waals surface area contributed by atoms with E-state index in [-0.39, 0.29) is 11.4 Å². The molecule has 0 saturated carbocycles. The highest BCUT2D eigenvalue weighted by Gasteiger charge is 2.24. The van der Waals surface area contributed by atoms with Gasteiger partial charge in [0.2, 0.25) is 10.0 Å². The molecule has 2 aromatic carbocycles. The van der Waals surface area contributed by atoms with Gasteiger partial charge in [0.15, 0.2) is 0 Å². The van der Waals surface area contributed by atoms with E-state index in [9.17, 15) is 13.5 Å². The Morgan fingerprint density at radius 3 is 2.57 bits per heavy atom. The van der Waals surface area contributed by atoms with Crippen molar-refractivity contribution in [3.63, 3.8) is 0 Å². The van der Waals surface area contributed by atoms with Gasteiger partial charge in [-0.25, -0.2) is 13.1 Å². The Morgan fingerprint density at radius 1 is 1.19 bits per heavy atom. The first-order valence-corrected chi connectivity index (χ1v) is 9.42. The van der Waals surface area contributed by atoms with Crippen molar-refractivity contribution in [1.82, 2.24) is 4.72 Å². The van der Waals surface area contributed by atoms with Gasteiger partial charge < -0.3 is 5.11 Å². The quantitative estimate of drug-likeness (QED) is 0.855. The van der Waals surface area contributed by atoms with Crippen LogP contribution in [0.3, 0.4) is 0 Å². The molecule has 0 aliphatic rings. The van der Waals surface area contributed by atoms with Crippen molar-refractivity contribution >= 4 is 32.6 Å². The molecule has 0 unspecified atom stereocenters. The highest BCUT2D eigenvalue weighted by atomic mass is 32.2. The Kier molecular flexibility index (Phi) is 4.93. The smallest absolute Gasteiger partial charge is 0.241 e. The van der Waals surface area contributed by atoms with E-state index in [0.717, 1.165) is 5.39 Å². The zero-order valence-corrected chi connectivity index (χ0v) is 13.7. The SMILES string of the molecule is CSC[C@](C)(O)CNS(=O)(=O)c1cccc2ccccc12. The first-order chi connectivity index (χ1) is 9.86. The summed E-state index contributed by atoms with van der Waals surface area (Å²) in [6.45, 7) is 1.61. The lowest BCUT2D eigenvalue weighted by atomic mass is 10.1. The van der Waals surface area contributed by atoms with Crippen LogP contribution in [0.1, 0.15) is 6.92 Å². The molecule has 2 rings (SSSR count). The second kappa shape index (κ2) is 6.36. The maximum absolute atomic E-state index is 12.5. The van der Waals surface area contributed by atoms with Crippen molar-refractivity contribution in [2.45, 2.75) is 17.4 Å². The lowest BCUT2D eigenvalue weighted by molar-refractivity contribution is 0.0909. The minimum Gasteiger partial charge on any atom is -0.388 e. The molecule has 0 aliphatic heterocycles. The predicted molar refractivity (Wildman–Crippen MR) is 88.1 cm³/mol. The van der Waals surface area contributed by atoms with Crippen molar-refractivity contribution in [2.75, 3.05) is 18.6 Å². The van der Waals surface area contributed by atoms with Gasteiger partial charge in [-0.15, -0.1) is 0 Å². The lowest BCUT2D eigenvalue weighted by Crippen LogP contribution is -2.42. The Bertz CT molecular complexity index is 721. The second-order valence-electron chi connectivity index (χ2n) is 5.23. The molecule has 0 radical (unpaired) electrons. The predicted octanol–water partition coefficient (Wildman–Crippen LogP) is 2.23. The normalized spacial score (nSPS) is 15.0. The van der Waals surface area contributed by atoms with Gasteiger partial charge in [0.1, 0.15) is 0 Å². The molecule has 0 saturated heterocycles. The molecule has 0 aromatic heterocycles. The molecule has 21 heavy (non-hydrogen) atoms. The molecular formula is C15H19NO3S2. The number of fused-ring (bicyclic) bond motifs is 1. The van der Waals surface area contributed by atoms with Crippen molar-refractivity contribution < 1.29 is 13.5 Å². The first kappa shape index (κ1) is 16.3. The van der Waals surface area contributed by atoms with Gasteiger partial charge in [0.05, 0.1) is 10.5 Å². The average molecular weight is 325 g/mol. The number of sulfonamides is 1. The summed E-state index contributed by atoms with van der Waals surface area (Å²) in [5, 5.41) is 11.6. The van der Waals surface area contributed by atoms with Crippen LogP contribution in [0.4, 0.5) is 0 Å². The number of benzene rings is 2. The highest BCUT2D eigenvalue weighted by molar-refractivity contribution is 7.98. The maximum atomic E-state index is 12.5. The minimum absolute atomic E-state index is 0.0145. The Balaban J connectivity index is 2.30. The number of hydrogen-bond donors (Lipinski definition) is 2. The summed E-state index contributed by atoms with van der Waals surface area (Å²) in [7, 11) is -3.66. The van der Waals surface area contributed by atoms with Crippen LogP contribution in [-0.2, 0) is 10.0 Å². The van der Waals surface area contributed by atoms with Crippen LogP contribution in [0, 0.1) is 0 Å². The molecule has 0 amide bonds. The van der Waals surface area contributed by atoms with Gasteiger partial charge in [-0.1, -0.05) is 36.4 Å². The van der Waals surface area contributed by atoms with Crippen molar-refractivity contribution in [3.05, 3.63) is 42.5 Å². The Morgan fingerprint density at radius 2 is 1.86 bits per heavy atom. The van der Waals surface area contributed by atoms with E-state index >= 15 is 0 Å². The van der Waals surface area contributed by atoms with Gasteiger partial charge in [-0.05, 0) is 24.6 Å². The summed E-state index contributed by atoms with van der Waals surface area (Å²) in [6.07, 6.45) is 1.87. The molecule has 2 N–H and O–H groups in total. The second-order valence-corrected chi connectivity index (χ2v) is 7.83. The molecule has 114 valence electrons. The Labute approximate surface area is 129 Å². The van der Waals surface area contributed by atoms with E-state index in [1.54, 1.807) is 25.1 Å². The van der Waals surface area contributed by atoms with Gasteiger partial charge in [0.25, 0.3) is 0 Å². The molecular weight excluding hydrogens is 306 g/mol. The molecule has 0 aliphatic carbocycles. The van der Waals surface area contributed by atoms with Crippen molar-refractivity contribution in [3.8, 4) is 0 Å². The largest absolute Gasteiger partial charge is 0.388 e. The summed E-state index contributed by atoms with van der Waals surface area (Å²) in [4.78, 5) is 0.237. The fourth-order valence-corrected chi connectivity index (χ4v) is 4.23. The number of nitrogens with one attached hydrogen (secondary N) is 1. The molecule has 2 aromatic rings. The summed E-state index contributed by atoms with van der Waals surface area (Å²) >= 11 is 1.47. The summed E-state index contributed by atoms with van der Waals surface area (Å²) in [5.41, 5.74) is -1.07. The zero-order valence-electron chi connectivity index (χ0n) is 12.0. The van der Waals surface area contributed by atoms with Crippen LogP contribution in [0.5, 0.6) is 0 Å². The fourth-order valence-electron chi connectivity index (χ4n) is 2.12. The van der Waals surface area contributed by atoms with Crippen molar-refractivity contribution in [1.29, 1.82) is 0 Å². The van der Waals surface area contributed by atoms with E-state index in [0.29, 0.717) is 11.1 Å². The van der Waals surface area contributed by atoms with Crippen molar-refractivity contribution in [2.24, 2.45) is 0 Å². The van der Waals surface area contributed by atoms with Gasteiger partial charge in [0, 0.05) is 17.7 Å². The third kappa shape index (κ3) is 3.97. The fraction of sp³-hybridized carbons (Fsp3) is 0.333. The van der Waals surface area contributed by atoms with Gasteiger partial charge in [-0.2, -0.15) is 11.8 Å². The van der Waals surface area contributed by atoms with Crippen LogP contribution in [0.2, 0.25) is 0 Å². The summed E-state index contributed by atoms with van der Waals surface area (Å²) in [5.74, 6) is 0.463. The monoisotopic (exact) mass is 325 g/mol. The summed E-state index contributed by atoms with van der Waals surface area (Å²) < 4.78 is 27.4. The van der Waals surface area contributed by atoms with E-state index in [1.165, 1.54) is 11.8 Å². The molecule has 0 fully saturated rings. The third-order valence-corrected chi connectivity index (χ3v) is 5.51.